The van der Waals surface area contributed by atoms with Crippen molar-refractivity contribution in [2.24, 2.45) is 5.73 Å². The molecule has 82 valence electrons. The zero-order valence-corrected chi connectivity index (χ0v) is 8.73. The molecule has 1 heterocycles. The van der Waals surface area contributed by atoms with Crippen molar-refractivity contribution in [2.75, 3.05) is 13.7 Å². The van der Waals surface area contributed by atoms with Crippen LogP contribution in [0.3, 0.4) is 0 Å². The minimum atomic E-state index is -0.141. The van der Waals surface area contributed by atoms with E-state index in [4.69, 9.17) is 20.6 Å². The molecule has 1 unspecified atom stereocenters. The summed E-state index contributed by atoms with van der Waals surface area (Å²) in [4.78, 5) is 7.86. The first-order valence-corrected chi connectivity index (χ1v) is 4.46. The van der Waals surface area contributed by atoms with Crippen LogP contribution < -0.4 is 10.5 Å². The number of ether oxygens (including phenoxy) is 2. The van der Waals surface area contributed by atoms with Crippen molar-refractivity contribution in [2.45, 2.75) is 13.0 Å². The molecule has 1 rings (SSSR count). The van der Waals surface area contributed by atoms with Gasteiger partial charge in [0.2, 0.25) is 0 Å². The van der Waals surface area contributed by atoms with Crippen molar-refractivity contribution in [3.05, 3.63) is 18.0 Å². The van der Waals surface area contributed by atoms with E-state index in [1.165, 1.54) is 6.20 Å². The van der Waals surface area contributed by atoms with Gasteiger partial charge in [0.05, 0.1) is 6.61 Å². The third-order valence-corrected chi connectivity index (χ3v) is 1.62. The van der Waals surface area contributed by atoms with Crippen LogP contribution in [0.1, 0.15) is 12.6 Å². The Labute approximate surface area is 87.9 Å². The predicted octanol–water partition coefficient (Wildman–Crippen LogP) is 0.174. The molecule has 0 bridgehead atoms. The number of rotatable bonds is 5. The van der Waals surface area contributed by atoms with E-state index in [1.54, 1.807) is 13.2 Å². The molecule has 6 heteroatoms. The second-order valence-electron chi connectivity index (χ2n) is 3.02. The second-order valence-corrected chi connectivity index (χ2v) is 3.02. The van der Waals surface area contributed by atoms with Crippen molar-refractivity contribution in [3.8, 4) is 6.01 Å². The minimum Gasteiger partial charge on any atom is -0.458 e. The van der Waals surface area contributed by atoms with E-state index in [9.17, 15) is 0 Å². The molecule has 15 heavy (non-hydrogen) atoms. The fraction of sp³-hybridized carbons (Fsp3) is 0.444. The first-order chi connectivity index (χ1) is 7.13. The van der Waals surface area contributed by atoms with E-state index >= 15 is 0 Å². The van der Waals surface area contributed by atoms with Gasteiger partial charge in [0, 0.05) is 13.3 Å². The molecule has 1 aromatic rings. The summed E-state index contributed by atoms with van der Waals surface area (Å²) in [5, 5.41) is 7.20. The average molecular weight is 210 g/mol. The van der Waals surface area contributed by atoms with Gasteiger partial charge in [0.25, 0.3) is 0 Å². The van der Waals surface area contributed by atoms with Gasteiger partial charge in [0.15, 0.2) is 0 Å². The third-order valence-electron chi connectivity index (χ3n) is 1.62. The normalized spacial score (nSPS) is 12.1. The molecule has 3 N–H and O–H groups in total. The highest BCUT2D eigenvalue weighted by Crippen LogP contribution is 2.05. The van der Waals surface area contributed by atoms with Gasteiger partial charge in [-0.1, -0.05) is 0 Å². The van der Waals surface area contributed by atoms with Gasteiger partial charge in [0.1, 0.15) is 17.6 Å². The Morgan fingerprint density at radius 1 is 1.67 bits per heavy atom. The maximum Gasteiger partial charge on any atom is 0.317 e. The van der Waals surface area contributed by atoms with Gasteiger partial charge in [-0.3, -0.25) is 5.41 Å². The fourth-order valence-corrected chi connectivity index (χ4v) is 0.996. The van der Waals surface area contributed by atoms with Crippen LogP contribution in [0.15, 0.2) is 12.3 Å². The van der Waals surface area contributed by atoms with Crippen LogP contribution in [0.2, 0.25) is 0 Å². The van der Waals surface area contributed by atoms with Crippen LogP contribution in [-0.4, -0.2) is 35.6 Å². The molecule has 0 aromatic carbocycles. The Hall–Kier alpha value is -1.69. The number of nitrogen functional groups attached to an aromatic ring is 1. The van der Waals surface area contributed by atoms with Gasteiger partial charge < -0.3 is 15.2 Å². The molecule has 1 aromatic heterocycles. The van der Waals surface area contributed by atoms with Crippen molar-refractivity contribution >= 4 is 5.84 Å². The van der Waals surface area contributed by atoms with Gasteiger partial charge in [-0.25, -0.2) is 4.98 Å². The molecule has 0 spiro atoms. The van der Waals surface area contributed by atoms with E-state index in [-0.39, 0.29) is 18.0 Å². The Morgan fingerprint density at radius 3 is 3.00 bits per heavy atom. The monoisotopic (exact) mass is 210 g/mol. The molecule has 1 atom stereocenters. The molecule has 0 aliphatic rings. The van der Waals surface area contributed by atoms with Crippen molar-refractivity contribution in [1.29, 1.82) is 5.41 Å². The van der Waals surface area contributed by atoms with Crippen molar-refractivity contribution in [3.63, 3.8) is 0 Å². The number of nitrogens with one attached hydrogen (secondary N) is 1. The third kappa shape index (κ3) is 3.51. The van der Waals surface area contributed by atoms with Gasteiger partial charge in [-0.15, -0.1) is 0 Å². The molecular weight excluding hydrogens is 196 g/mol. The summed E-state index contributed by atoms with van der Waals surface area (Å²) in [6, 6.07) is 1.75. The first-order valence-electron chi connectivity index (χ1n) is 4.46. The minimum absolute atomic E-state index is 0.110. The number of amidine groups is 1. The Bertz CT molecular complexity index is 343. The molecule has 0 amide bonds. The lowest BCUT2D eigenvalue weighted by Crippen LogP contribution is -2.20. The summed E-state index contributed by atoms with van der Waals surface area (Å²) in [7, 11) is 1.59. The summed E-state index contributed by atoms with van der Waals surface area (Å²) < 4.78 is 10.3. The smallest absolute Gasteiger partial charge is 0.317 e. The van der Waals surface area contributed by atoms with Gasteiger partial charge in [-0.05, 0) is 13.0 Å². The Kier molecular flexibility index (Phi) is 3.99. The number of hydrogen-bond donors (Lipinski definition) is 2. The molecule has 6 nitrogen and oxygen atoms in total. The predicted molar refractivity (Wildman–Crippen MR) is 55.0 cm³/mol. The molecule has 0 aliphatic carbocycles. The van der Waals surface area contributed by atoms with Crippen LogP contribution in [0.25, 0.3) is 0 Å². The molecule has 0 radical (unpaired) electrons. The van der Waals surface area contributed by atoms with E-state index < -0.39 is 0 Å². The summed E-state index contributed by atoms with van der Waals surface area (Å²) >= 11 is 0. The number of nitrogens with two attached hydrogens (primary N) is 1. The maximum atomic E-state index is 7.20. The van der Waals surface area contributed by atoms with Crippen LogP contribution >= 0.6 is 0 Å². The maximum absolute atomic E-state index is 7.20. The summed E-state index contributed by atoms with van der Waals surface area (Å²) in [6.07, 6.45) is 1.36. The summed E-state index contributed by atoms with van der Waals surface area (Å²) in [5.41, 5.74) is 5.64. The highest BCUT2D eigenvalue weighted by molar-refractivity contribution is 5.92. The Balaban J connectivity index is 2.69. The van der Waals surface area contributed by atoms with E-state index in [0.717, 1.165) is 0 Å². The number of hydrogen-bond acceptors (Lipinski definition) is 5. The lowest BCUT2D eigenvalue weighted by molar-refractivity contribution is 0.0855. The largest absolute Gasteiger partial charge is 0.458 e. The van der Waals surface area contributed by atoms with E-state index in [0.29, 0.717) is 12.3 Å². The van der Waals surface area contributed by atoms with Gasteiger partial charge >= 0.3 is 6.01 Å². The van der Waals surface area contributed by atoms with E-state index in [2.05, 4.69) is 9.97 Å². The molecule has 0 fully saturated rings. The molecular formula is C9H14N4O2. The lowest BCUT2D eigenvalue weighted by atomic mass is 10.4. The number of aromatic nitrogens is 2. The highest BCUT2D eigenvalue weighted by Gasteiger charge is 2.07. The quantitative estimate of drug-likeness (QED) is 0.534. The van der Waals surface area contributed by atoms with Crippen LogP contribution in [0.5, 0.6) is 6.01 Å². The fourth-order valence-electron chi connectivity index (χ4n) is 0.996. The zero-order chi connectivity index (χ0) is 11.3. The summed E-state index contributed by atoms with van der Waals surface area (Å²) in [5.74, 6) is -0.110. The molecule has 0 aliphatic heterocycles. The molecule has 0 saturated carbocycles. The number of methoxy groups -OCH3 is 1. The van der Waals surface area contributed by atoms with Crippen LogP contribution in [0, 0.1) is 5.41 Å². The SMILES string of the molecule is COCC(C)Oc1nccc(C(=N)N)n1. The Morgan fingerprint density at radius 2 is 2.40 bits per heavy atom. The number of nitrogens with zero attached hydrogens (tertiary/aromatic N) is 2. The standard InChI is InChI=1S/C9H14N4O2/c1-6(5-14-2)15-9-12-4-3-7(13-9)8(10)11/h3-4,6H,5H2,1-2H3,(H3,10,11). The van der Waals surface area contributed by atoms with Crippen LogP contribution in [0.4, 0.5) is 0 Å². The molecule has 0 saturated heterocycles. The summed E-state index contributed by atoms with van der Waals surface area (Å²) in [6.45, 7) is 2.29. The first kappa shape index (κ1) is 11.4. The topological polar surface area (TPSA) is 94.1 Å². The average Bonchev–Trinajstić information content (AvgIpc) is 2.18. The van der Waals surface area contributed by atoms with Crippen LogP contribution in [-0.2, 0) is 4.74 Å². The zero-order valence-electron chi connectivity index (χ0n) is 8.73. The second kappa shape index (κ2) is 5.26. The van der Waals surface area contributed by atoms with Crippen molar-refractivity contribution < 1.29 is 9.47 Å². The highest BCUT2D eigenvalue weighted by atomic mass is 16.5. The lowest BCUT2D eigenvalue weighted by Gasteiger charge is -2.11. The van der Waals surface area contributed by atoms with Crippen molar-refractivity contribution in [1.82, 2.24) is 9.97 Å². The van der Waals surface area contributed by atoms with E-state index in [1.807, 2.05) is 6.92 Å². The van der Waals surface area contributed by atoms with Gasteiger partial charge in [-0.2, -0.15) is 4.98 Å².